The lowest BCUT2D eigenvalue weighted by molar-refractivity contribution is -0.0429. The molecule has 0 atom stereocenters. The second kappa shape index (κ2) is 4.59. The van der Waals surface area contributed by atoms with Gasteiger partial charge < -0.3 is 0 Å². The van der Waals surface area contributed by atoms with E-state index in [1.165, 1.54) is 4.72 Å². The maximum Gasteiger partial charge on any atom is 0.516 e. The largest absolute Gasteiger partial charge is 0.516 e. The maximum absolute atomic E-state index is 12.0. The molecule has 0 spiro atoms. The monoisotopic (exact) mass is 323 g/mol. The van der Waals surface area contributed by atoms with Crippen molar-refractivity contribution in [3.63, 3.8) is 0 Å². The van der Waals surface area contributed by atoms with Crippen molar-refractivity contribution in [2.75, 3.05) is 4.72 Å². The number of hydrogen-bond acceptors (Lipinski definition) is 4. The normalized spacial score (nSPS) is 13.3. The first-order valence-electron chi connectivity index (χ1n) is 4.07. The van der Waals surface area contributed by atoms with Crippen LogP contribution in [0.5, 0.6) is 0 Å². The summed E-state index contributed by atoms with van der Waals surface area (Å²) in [5.41, 5.74) is -5.89. The molecule has 0 saturated carbocycles. The molecule has 18 heavy (non-hydrogen) atoms. The average molecular weight is 324 g/mol. The van der Waals surface area contributed by atoms with Crippen LogP contribution in [0.1, 0.15) is 0 Å². The molecule has 0 aliphatic carbocycles. The van der Waals surface area contributed by atoms with Crippen LogP contribution in [0.4, 0.5) is 18.9 Å². The molecule has 0 heterocycles. The Morgan fingerprint density at radius 1 is 1.00 bits per heavy atom. The van der Waals surface area contributed by atoms with E-state index in [9.17, 15) is 30.0 Å². The van der Waals surface area contributed by atoms with Crippen molar-refractivity contribution < 1.29 is 30.0 Å². The minimum Gasteiger partial charge on any atom is -0.276 e. The zero-order chi connectivity index (χ0) is 14.2. The van der Waals surface area contributed by atoms with Gasteiger partial charge in [-0.15, -0.1) is 0 Å². The van der Waals surface area contributed by atoms with Crippen molar-refractivity contribution in [2.24, 2.45) is 0 Å². The van der Waals surface area contributed by atoms with Gasteiger partial charge in [0.25, 0.3) is 9.05 Å². The molecule has 0 amide bonds. The first-order valence-corrected chi connectivity index (χ1v) is 7.86. The molecular weight excluding hydrogens is 319 g/mol. The van der Waals surface area contributed by atoms with Gasteiger partial charge in [0.05, 0.1) is 4.90 Å². The molecule has 0 saturated heterocycles. The summed E-state index contributed by atoms with van der Waals surface area (Å²) in [5.74, 6) is 0. The van der Waals surface area contributed by atoms with Crippen LogP contribution in [0.15, 0.2) is 29.2 Å². The number of anilines is 1. The number of hydrogen-bond donors (Lipinski definition) is 1. The minimum atomic E-state index is -5.53. The SMILES string of the molecule is O=S(=O)(Cl)c1ccc(NS(=O)(=O)C(F)(F)F)cc1. The van der Waals surface area contributed by atoms with E-state index in [1.54, 1.807) is 0 Å². The molecule has 5 nitrogen and oxygen atoms in total. The molecule has 0 unspecified atom stereocenters. The van der Waals surface area contributed by atoms with Crippen LogP contribution in [0.2, 0.25) is 0 Å². The highest BCUT2D eigenvalue weighted by atomic mass is 35.7. The minimum absolute atomic E-state index is 0.362. The van der Waals surface area contributed by atoms with Gasteiger partial charge in [0.2, 0.25) is 0 Å². The number of halogens is 4. The van der Waals surface area contributed by atoms with E-state index >= 15 is 0 Å². The first kappa shape index (κ1) is 15.1. The van der Waals surface area contributed by atoms with Crippen LogP contribution in [-0.2, 0) is 19.1 Å². The molecule has 1 N–H and O–H groups in total. The topological polar surface area (TPSA) is 80.3 Å². The molecule has 0 aliphatic heterocycles. The molecule has 0 aliphatic rings. The Bertz CT molecular complexity index is 636. The highest BCUT2D eigenvalue weighted by Crippen LogP contribution is 2.26. The van der Waals surface area contributed by atoms with E-state index in [0.29, 0.717) is 0 Å². The molecule has 1 aromatic carbocycles. The Morgan fingerprint density at radius 3 is 1.78 bits per heavy atom. The van der Waals surface area contributed by atoms with Crippen molar-refractivity contribution in [1.82, 2.24) is 0 Å². The number of benzene rings is 1. The fraction of sp³-hybridized carbons (Fsp3) is 0.143. The van der Waals surface area contributed by atoms with Gasteiger partial charge in [0.15, 0.2) is 0 Å². The van der Waals surface area contributed by atoms with Gasteiger partial charge in [-0.3, -0.25) is 4.72 Å². The molecule has 0 bridgehead atoms. The predicted octanol–water partition coefficient (Wildman–Crippen LogP) is 1.88. The summed E-state index contributed by atoms with van der Waals surface area (Å²) >= 11 is 0. The lowest BCUT2D eigenvalue weighted by Crippen LogP contribution is -2.29. The van der Waals surface area contributed by atoms with Gasteiger partial charge >= 0.3 is 15.5 Å². The number of rotatable bonds is 3. The zero-order valence-electron chi connectivity index (χ0n) is 8.27. The molecule has 0 fully saturated rings. The summed E-state index contributed by atoms with van der Waals surface area (Å²) in [5, 5.41) is 0. The van der Waals surface area contributed by atoms with Crippen molar-refractivity contribution in [3.05, 3.63) is 24.3 Å². The smallest absolute Gasteiger partial charge is 0.276 e. The van der Waals surface area contributed by atoms with E-state index in [2.05, 4.69) is 0 Å². The lowest BCUT2D eigenvalue weighted by Gasteiger charge is -2.10. The van der Waals surface area contributed by atoms with E-state index < -0.39 is 30.3 Å². The second-order valence-corrected chi connectivity index (χ2v) is 7.25. The summed E-state index contributed by atoms with van der Waals surface area (Å²) in [6.45, 7) is 0. The average Bonchev–Trinajstić information content (AvgIpc) is 2.14. The van der Waals surface area contributed by atoms with Crippen molar-refractivity contribution >= 4 is 35.4 Å². The highest BCUT2D eigenvalue weighted by Gasteiger charge is 2.46. The van der Waals surface area contributed by atoms with Gasteiger partial charge in [-0.05, 0) is 24.3 Å². The second-order valence-electron chi connectivity index (χ2n) is 3.01. The summed E-state index contributed by atoms with van der Waals surface area (Å²) in [7, 11) is -4.58. The summed E-state index contributed by atoms with van der Waals surface area (Å²) in [6.07, 6.45) is 0. The quantitative estimate of drug-likeness (QED) is 0.861. The van der Waals surface area contributed by atoms with E-state index in [0.717, 1.165) is 24.3 Å². The van der Waals surface area contributed by atoms with Gasteiger partial charge in [-0.1, -0.05) is 0 Å². The molecule has 0 radical (unpaired) electrons. The molecule has 1 aromatic rings. The van der Waals surface area contributed by atoms with Crippen LogP contribution < -0.4 is 4.72 Å². The van der Waals surface area contributed by atoms with Gasteiger partial charge in [-0.25, -0.2) is 8.42 Å². The number of sulfonamides is 1. The zero-order valence-corrected chi connectivity index (χ0v) is 10.7. The number of alkyl halides is 3. The molecule has 102 valence electrons. The Balaban J connectivity index is 3.03. The van der Waals surface area contributed by atoms with Crippen LogP contribution in [-0.4, -0.2) is 22.3 Å². The molecular formula is C7H5ClF3NO4S2. The highest BCUT2D eigenvalue weighted by molar-refractivity contribution is 8.13. The van der Waals surface area contributed by atoms with Crippen molar-refractivity contribution in [1.29, 1.82) is 0 Å². The molecule has 0 aromatic heterocycles. The third-order valence-electron chi connectivity index (χ3n) is 1.69. The summed E-state index contributed by atoms with van der Waals surface area (Å²) in [4.78, 5) is -0.362. The summed E-state index contributed by atoms with van der Waals surface area (Å²) in [6, 6.07) is 3.43. The third-order valence-corrected chi connectivity index (χ3v) is 4.18. The first-order chi connectivity index (χ1) is 7.93. The van der Waals surface area contributed by atoms with Gasteiger partial charge in [-0.2, -0.15) is 21.6 Å². The Hall–Kier alpha value is -1.00. The van der Waals surface area contributed by atoms with Crippen LogP contribution in [0, 0.1) is 0 Å². The van der Waals surface area contributed by atoms with Crippen LogP contribution >= 0.6 is 10.7 Å². The Labute approximate surface area is 105 Å². The van der Waals surface area contributed by atoms with Crippen LogP contribution in [0.3, 0.4) is 0 Å². The lowest BCUT2D eigenvalue weighted by atomic mass is 10.3. The Kier molecular flexibility index (Phi) is 3.84. The molecule has 1 rings (SSSR count). The third kappa shape index (κ3) is 3.50. The summed E-state index contributed by atoms with van der Waals surface area (Å²) < 4.78 is 80.4. The van der Waals surface area contributed by atoms with Crippen molar-refractivity contribution in [3.8, 4) is 0 Å². The standard InChI is InChI=1S/C7H5ClF3NO4S2/c8-17(13,14)6-3-1-5(2-4-6)12-18(15,16)7(9,10)11/h1-4,12H. The maximum atomic E-state index is 12.0. The van der Waals surface area contributed by atoms with E-state index in [4.69, 9.17) is 10.7 Å². The van der Waals surface area contributed by atoms with Crippen LogP contribution in [0.25, 0.3) is 0 Å². The fourth-order valence-electron chi connectivity index (χ4n) is 0.899. The fourth-order valence-corrected chi connectivity index (χ4v) is 2.23. The molecule has 11 heteroatoms. The van der Waals surface area contributed by atoms with Gasteiger partial charge in [0, 0.05) is 16.4 Å². The Morgan fingerprint density at radius 2 is 1.44 bits per heavy atom. The van der Waals surface area contributed by atoms with E-state index in [1.807, 2.05) is 0 Å². The van der Waals surface area contributed by atoms with Gasteiger partial charge in [0.1, 0.15) is 0 Å². The number of nitrogens with one attached hydrogen (secondary N) is 1. The predicted molar refractivity (Wildman–Crippen MR) is 58.1 cm³/mol. The van der Waals surface area contributed by atoms with E-state index in [-0.39, 0.29) is 4.90 Å². The van der Waals surface area contributed by atoms with Crippen molar-refractivity contribution in [2.45, 2.75) is 10.4 Å².